The van der Waals surface area contributed by atoms with Gasteiger partial charge < -0.3 is 15.2 Å². The Morgan fingerprint density at radius 3 is 2.42 bits per heavy atom. The number of phenols is 1. The number of carbonyl (C=O) groups is 1. The molecule has 0 bridgehead atoms. The molecule has 2 aromatic carbocycles. The first kappa shape index (κ1) is 19.6. The van der Waals surface area contributed by atoms with Gasteiger partial charge in [0.1, 0.15) is 11.5 Å². The quantitative estimate of drug-likeness (QED) is 0.542. The fourth-order valence-electron chi connectivity index (χ4n) is 2.69. The first-order valence-electron chi connectivity index (χ1n) is 8.74. The number of ketones is 1. The van der Waals surface area contributed by atoms with Crippen LogP contribution in [0.1, 0.15) is 48.7 Å². The van der Waals surface area contributed by atoms with E-state index in [1.54, 1.807) is 31.4 Å². The lowest BCUT2D eigenvalue weighted by molar-refractivity contribution is 0.104. The number of allylic oxidation sites excluding steroid dienone is 1. The van der Waals surface area contributed by atoms with E-state index in [-0.39, 0.29) is 16.9 Å². The minimum absolute atomic E-state index is 0.0842. The predicted octanol–water partition coefficient (Wildman–Crippen LogP) is 5.03. The number of hydrogen-bond donors (Lipinski definition) is 2. The Labute approximate surface area is 155 Å². The largest absolute Gasteiger partial charge is 0.508 e. The van der Waals surface area contributed by atoms with Crippen molar-refractivity contribution in [1.82, 2.24) is 0 Å². The zero-order valence-electron chi connectivity index (χ0n) is 16.1. The minimum atomic E-state index is -0.175. The number of anilines is 1. The molecule has 0 aliphatic carbocycles. The van der Waals surface area contributed by atoms with Crippen molar-refractivity contribution in [3.05, 3.63) is 59.2 Å². The van der Waals surface area contributed by atoms with Crippen LogP contribution in [0.25, 0.3) is 6.08 Å². The molecular formula is C22H27NO3. The molecule has 0 saturated heterocycles. The normalized spacial score (nSPS) is 11.6. The molecule has 0 aromatic heterocycles. The van der Waals surface area contributed by atoms with Gasteiger partial charge in [-0.1, -0.05) is 20.8 Å². The summed E-state index contributed by atoms with van der Waals surface area (Å²) in [5.41, 5.74) is 3.00. The van der Waals surface area contributed by atoms with Crippen LogP contribution in [0.4, 0.5) is 5.69 Å². The van der Waals surface area contributed by atoms with E-state index < -0.39 is 0 Å². The average molecular weight is 353 g/mol. The van der Waals surface area contributed by atoms with Crippen LogP contribution < -0.4 is 10.1 Å². The van der Waals surface area contributed by atoms with E-state index in [1.807, 2.05) is 25.2 Å². The van der Waals surface area contributed by atoms with Crippen LogP contribution in [0.5, 0.6) is 11.5 Å². The maximum absolute atomic E-state index is 12.4. The molecule has 2 N–H and O–H groups in total. The molecule has 0 radical (unpaired) electrons. The summed E-state index contributed by atoms with van der Waals surface area (Å²) >= 11 is 0. The van der Waals surface area contributed by atoms with Crippen molar-refractivity contribution >= 4 is 17.5 Å². The Morgan fingerprint density at radius 2 is 1.88 bits per heavy atom. The Bertz CT molecular complexity index is 805. The number of ether oxygens (including phenoxy) is 1. The van der Waals surface area contributed by atoms with E-state index in [1.165, 1.54) is 6.08 Å². The van der Waals surface area contributed by atoms with Gasteiger partial charge in [-0.2, -0.15) is 0 Å². The van der Waals surface area contributed by atoms with E-state index >= 15 is 0 Å². The van der Waals surface area contributed by atoms with Gasteiger partial charge in [0, 0.05) is 35.5 Å². The lowest BCUT2D eigenvalue weighted by Crippen LogP contribution is -2.16. The summed E-state index contributed by atoms with van der Waals surface area (Å²) < 4.78 is 5.36. The van der Waals surface area contributed by atoms with Crippen molar-refractivity contribution < 1.29 is 14.6 Å². The Balaban J connectivity index is 2.35. The van der Waals surface area contributed by atoms with Crippen LogP contribution in [-0.4, -0.2) is 25.0 Å². The highest BCUT2D eigenvalue weighted by atomic mass is 16.5. The molecule has 0 heterocycles. The summed E-state index contributed by atoms with van der Waals surface area (Å²) in [6.45, 7) is 6.24. The number of hydrogen-bond acceptors (Lipinski definition) is 4. The van der Waals surface area contributed by atoms with Crippen molar-refractivity contribution in [2.24, 2.45) is 0 Å². The second-order valence-electron chi connectivity index (χ2n) is 6.87. The van der Waals surface area contributed by atoms with Gasteiger partial charge in [-0.05, 0) is 54.3 Å². The molecule has 2 aromatic rings. The first-order valence-corrected chi connectivity index (χ1v) is 8.74. The molecule has 0 atom stereocenters. The van der Waals surface area contributed by atoms with Crippen LogP contribution in [-0.2, 0) is 5.41 Å². The number of rotatable bonds is 7. The topological polar surface area (TPSA) is 58.6 Å². The van der Waals surface area contributed by atoms with E-state index in [0.717, 1.165) is 23.2 Å². The zero-order valence-corrected chi connectivity index (χ0v) is 16.1. The SMILES string of the molecule is CCC(C)(C)c1cc(/C=C/C(=O)c2ccc(NC)cc2)c(OC)cc1O. The van der Waals surface area contributed by atoms with Crippen molar-refractivity contribution in [3.8, 4) is 11.5 Å². The maximum Gasteiger partial charge on any atom is 0.185 e. The van der Waals surface area contributed by atoms with E-state index in [9.17, 15) is 9.90 Å². The van der Waals surface area contributed by atoms with Gasteiger partial charge in [-0.3, -0.25) is 4.79 Å². The third kappa shape index (κ3) is 4.26. The first-order chi connectivity index (χ1) is 12.3. The summed E-state index contributed by atoms with van der Waals surface area (Å²) in [4.78, 5) is 12.4. The average Bonchev–Trinajstić information content (AvgIpc) is 2.66. The number of phenolic OH excluding ortho intramolecular Hbond substituents is 1. The maximum atomic E-state index is 12.4. The minimum Gasteiger partial charge on any atom is -0.508 e. The molecule has 138 valence electrons. The van der Waals surface area contributed by atoms with Crippen LogP contribution in [0, 0.1) is 0 Å². The number of nitrogens with one attached hydrogen (secondary N) is 1. The summed E-state index contributed by atoms with van der Waals surface area (Å²) in [6.07, 6.45) is 4.15. The molecule has 0 fully saturated rings. The van der Waals surface area contributed by atoms with Gasteiger partial charge in [0.2, 0.25) is 0 Å². The molecule has 0 unspecified atom stereocenters. The molecule has 0 amide bonds. The summed E-state index contributed by atoms with van der Waals surface area (Å²) in [7, 11) is 3.39. The van der Waals surface area contributed by atoms with Crippen LogP contribution >= 0.6 is 0 Å². The second kappa shape index (κ2) is 8.09. The molecule has 2 rings (SSSR count). The molecule has 26 heavy (non-hydrogen) atoms. The van der Waals surface area contributed by atoms with Crippen molar-refractivity contribution in [2.45, 2.75) is 32.6 Å². The fourth-order valence-corrected chi connectivity index (χ4v) is 2.69. The van der Waals surface area contributed by atoms with Crippen LogP contribution in [0.2, 0.25) is 0 Å². The number of carbonyl (C=O) groups excluding carboxylic acids is 1. The van der Waals surface area contributed by atoms with E-state index in [4.69, 9.17) is 4.74 Å². The third-order valence-electron chi connectivity index (χ3n) is 4.83. The van der Waals surface area contributed by atoms with E-state index in [0.29, 0.717) is 11.3 Å². The summed E-state index contributed by atoms with van der Waals surface area (Å²) in [5.74, 6) is 0.659. The number of aromatic hydroxyl groups is 1. The standard InChI is InChI=1S/C22H27NO3/c1-6-22(2,3)18-13-16(21(26-5)14-20(18)25)9-12-19(24)15-7-10-17(23-4)11-8-15/h7-14,23,25H,6H2,1-5H3/b12-9+. The van der Waals surface area contributed by atoms with E-state index in [2.05, 4.69) is 26.1 Å². The highest BCUT2D eigenvalue weighted by Crippen LogP contribution is 2.38. The summed E-state index contributed by atoms with van der Waals surface area (Å²) in [5, 5.41) is 13.4. The van der Waals surface area contributed by atoms with Crippen LogP contribution in [0.15, 0.2) is 42.5 Å². The summed E-state index contributed by atoms with van der Waals surface area (Å²) in [6, 6.07) is 10.8. The van der Waals surface area contributed by atoms with Gasteiger partial charge in [0.25, 0.3) is 0 Å². The molecule has 0 saturated carbocycles. The fraction of sp³-hybridized carbons (Fsp3) is 0.318. The molecule has 4 nitrogen and oxygen atoms in total. The predicted molar refractivity (Wildman–Crippen MR) is 107 cm³/mol. The highest BCUT2D eigenvalue weighted by Gasteiger charge is 2.23. The molecule has 0 spiro atoms. The van der Waals surface area contributed by atoms with Crippen molar-refractivity contribution in [1.29, 1.82) is 0 Å². The lowest BCUT2D eigenvalue weighted by Gasteiger charge is -2.25. The number of methoxy groups -OCH3 is 1. The molecule has 4 heteroatoms. The van der Waals surface area contributed by atoms with Gasteiger partial charge in [-0.25, -0.2) is 0 Å². The second-order valence-corrected chi connectivity index (χ2v) is 6.87. The third-order valence-corrected chi connectivity index (χ3v) is 4.83. The molecular weight excluding hydrogens is 326 g/mol. The van der Waals surface area contributed by atoms with Gasteiger partial charge in [0.15, 0.2) is 5.78 Å². The Kier molecular flexibility index (Phi) is 6.09. The molecule has 0 aliphatic heterocycles. The highest BCUT2D eigenvalue weighted by molar-refractivity contribution is 6.07. The smallest absolute Gasteiger partial charge is 0.185 e. The van der Waals surface area contributed by atoms with Crippen LogP contribution in [0.3, 0.4) is 0 Å². The Hall–Kier alpha value is -2.75. The monoisotopic (exact) mass is 353 g/mol. The molecule has 0 aliphatic rings. The lowest BCUT2D eigenvalue weighted by atomic mass is 9.81. The zero-order chi connectivity index (χ0) is 19.3. The van der Waals surface area contributed by atoms with Crippen molar-refractivity contribution in [2.75, 3.05) is 19.5 Å². The van der Waals surface area contributed by atoms with Gasteiger partial charge in [-0.15, -0.1) is 0 Å². The van der Waals surface area contributed by atoms with Gasteiger partial charge >= 0.3 is 0 Å². The Morgan fingerprint density at radius 1 is 1.23 bits per heavy atom. The number of benzene rings is 2. The van der Waals surface area contributed by atoms with Crippen molar-refractivity contribution in [3.63, 3.8) is 0 Å². The van der Waals surface area contributed by atoms with Gasteiger partial charge in [0.05, 0.1) is 7.11 Å².